The van der Waals surface area contributed by atoms with Crippen LogP contribution in [0.25, 0.3) is 0 Å². The van der Waals surface area contributed by atoms with Crippen molar-refractivity contribution in [2.45, 2.75) is 19.3 Å². The first kappa shape index (κ1) is 12.2. The molecule has 72 valence electrons. The summed E-state index contributed by atoms with van der Waals surface area (Å²) in [6.07, 6.45) is 2.92. The average molecular weight is 208 g/mol. The fourth-order valence-electron chi connectivity index (χ4n) is 0.953. The third-order valence-electron chi connectivity index (χ3n) is 1.72. The van der Waals surface area contributed by atoms with E-state index in [1.165, 1.54) is 7.11 Å². The predicted octanol–water partition coefficient (Wildman–Crippen LogP) is 1.81. The smallest absolute Gasteiger partial charge is 0.309 e. The van der Waals surface area contributed by atoms with Crippen LogP contribution in [0.2, 0.25) is 0 Å². The number of unbranched alkanes of at least 4 members (excludes halogenated alkanes) is 1. The van der Waals surface area contributed by atoms with Crippen LogP contribution >= 0.6 is 25.3 Å². The molecule has 0 N–H and O–H groups in total. The maximum absolute atomic E-state index is 11.0. The SMILES string of the molecule is COC(=O)C(CS)CCCCS. The van der Waals surface area contributed by atoms with Gasteiger partial charge in [-0.25, -0.2) is 0 Å². The van der Waals surface area contributed by atoms with Crippen LogP contribution in [0.1, 0.15) is 19.3 Å². The Morgan fingerprint density at radius 1 is 1.42 bits per heavy atom. The van der Waals surface area contributed by atoms with Gasteiger partial charge in [-0.2, -0.15) is 25.3 Å². The minimum atomic E-state index is -0.149. The number of hydrogen-bond acceptors (Lipinski definition) is 4. The molecule has 0 amide bonds. The van der Waals surface area contributed by atoms with Crippen LogP contribution in [0.5, 0.6) is 0 Å². The molecule has 0 rings (SSSR count). The highest BCUT2D eigenvalue weighted by Crippen LogP contribution is 2.12. The summed E-state index contributed by atoms with van der Waals surface area (Å²) in [6, 6.07) is 0. The molecule has 1 unspecified atom stereocenters. The topological polar surface area (TPSA) is 26.3 Å². The van der Waals surface area contributed by atoms with E-state index < -0.39 is 0 Å². The van der Waals surface area contributed by atoms with Crippen molar-refractivity contribution in [3.8, 4) is 0 Å². The van der Waals surface area contributed by atoms with Gasteiger partial charge >= 0.3 is 5.97 Å². The molecule has 0 aliphatic carbocycles. The van der Waals surface area contributed by atoms with Gasteiger partial charge in [0, 0.05) is 5.75 Å². The van der Waals surface area contributed by atoms with Crippen LogP contribution in [-0.2, 0) is 9.53 Å². The lowest BCUT2D eigenvalue weighted by Gasteiger charge is -2.10. The maximum atomic E-state index is 11.0. The number of rotatable bonds is 6. The second-order valence-corrected chi connectivity index (χ2v) is 3.43. The van der Waals surface area contributed by atoms with Crippen molar-refractivity contribution in [2.24, 2.45) is 5.92 Å². The van der Waals surface area contributed by atoms with E-state index in [1.54, 1.807) is 0 Å². The second kappa shape index (κ2) is 7.80. The monoisotopic (exact) mass is 208 g/mol. The van der Waals surface area contributed by atoms with Crippen molar-refractivity contribution in [2.75, 3.05) is 18.6 Å². The molecular formula is C8H16O2S2. The number of ether oxygens (including phenoxy) is 1. The minimum absolute atomic E-state index is 0.0433. The number of esters is 1. The molecule has 0 saturated heterocycles. The Hall–Kier alpha value is 0.170. The first-order valence-corrected chi connectivity index (χ1v) is 5.32. The fourth-order valence-corrected chi connectivity index (χ4v) is 1.51. The average Bonchev–Trinajstić information content (AvgIpc) is 2.11. The summed E-state index contributed by atoms with van der Waals surface area (Å²) in [6.45, 7) is 0. The third-order valence-corrected chi connectivity index (χ3v) is 2.47. The molecule has 1 atom stereocenters. The van der Waals surface area contributed by atoms with Gasteiger partial charge in [0.15, 0.2) is 0 Å². The molecular weight excluding hydrogens is 192 g/mol. The first-order chi connectivity index (χ1) is 5.76. The lowest BCUT2D eigenvalue weighted by molar-refractivity contribution is -0.144. The minimum Gasteiger partial charge on any atom is -0.469 e. The molecule has 0 heterocycles. The molecule has 0 saturated carbocycles. The molecule has 0 aliphatic heterocycles. The summed E-state index contributed by atoms with van der Waals surface area (Å²) >= 11 is 8.18. The van der Waals surface area contributed by atoms with E-state index in [0.29, 0.717) is 5.75 Å². The Kier molecular flexibility index (Phi) is 7.91. The van der Waals surface area contributed by atoms with Crippen LogP contribution in [0, 0.1) is 5.92 Å². The fraction of sp³-hybridized carbons (Fsp3) is 0.875. The van der Waals surface area contributed by atoms with E-state index in [2.05, 4.69) is 30.0 Å². The Bertz CT molecular complexity index is 128. The van der Waals surface area contributed by atoms with Crippen LogP contribution in [-0.4, -0.2) is 24.6 Å². The first-order valence-electron chi connectivity index (χ1n) is 4.05. The molecule has 0 aliphatic rings. The van der Waals surface area contributed by atoms with E-state index in [1.807, 2.05) is 0 Å². The molecule has 0 radical (unpaired) electrons. The van der Waals surface area contributed by atoms with E-state index in [0.717, 1.165) is 25.0 Å². The van der Waals surface area contributed by atoms with Crippen LogP contribution < -0.4 is 0 Å². The van der Waals surface area contributed by atoms with Crippen molar-refractivity contribution in [3.63, 3.8) is 0 Å². The lowest BCUT2D eigenvalue weighted by Crippen LogP contribution is -2.17. The summed E-state index contributed by atoms with van der Waals surface area (Å²) in [5.41, 5.74) is 0. The zero-order valence-corrected chi connectivity index (χ0v) is 9.11. The van der Waals surface area contributed by atoms with Crippen LogP contribution in [0.3, 0.4) is 0 Å². The van der Waals surface area contributed by atoms with Crippen LogP contribution in [0.4, 0.5) is 0 Å². The third kappa shape index (κ3) is 4.93. The van der Waals surface area contributed by atoms with Gasteiger partial charge < -0.3 is 4.74 Å². The second-order valence-electron chi connectivity index (χ2n) is 2.62. The van der Waals surface area contributed by atoms with Gasteiger partial charge in [-0.15, -0.1) is 0 Å². The molecule has 0 aromatic heterocycles. The summed E-state index contributed by atoms with van der Waals surface area (Å²) < 4.78 is 4.63. The summed E-state index contributed by atoms with van der Waals surface area (Å²) in [5.74, 6) is 1.25. The van der Waals surface area contributed by atoms with Crippen molar-refractivity contribution < 1.29 is 9.53 Å². The molecule has 0 aromatic rings. The number of carbonyl (C=O) groups excluding carboxylic acids is 1. The van der Waals surface area contributed by atoms with Gasteiger partial charge in [0.1, 0.15) is 0 Å². The van der Waals surface area contributed by atoms with Crippen molar-refractivity contribution >= 4 is 31.2 Å². The van der Waals surface area contributed by atoms with E-state index in [4.69, 9.17) is 0 Å². The number of thiol groups is 2. The maximum Gasteiger partial charge on any atom is 0.309 e. The number of hydrogen-bond donors (Lipinski definition) is 2. The zero-order chi connectivity index (χ0) is 9.40. The normalized spacial score (nSPS) is 12.6. The Morgan fingerprint density at radius 2 is 2.08 bits per heavy atom. The van der Waals surface area contributed by atoms with E-state index >= 15 is 0 Å². The highest BCUT2D eigenvalue weighted by Gasteiger charge is 2.15. The lowest BCUT2D eigenvalue weighted by atomic mass is 10.0. The molecule has 0 bridgehead atoms. The molecule has 0 aromatic carbocycles. The number of methoxy groups -OCH3 is 1. The van der Waals surface area contributed by atoms with Crippen molar-refractivity contribution in [1.29, 1.82) is 0 Å². The Morgan fingerprint density at radius 3 is 2.50 bits per heavy atom. The summed E-state index contributed by atoms with van der Waals surface area (Å²) in [5, 5.41) is 0. The van der Waals surface area contributed by atoms with Gasteiger partial charge in [0.05, 0.1) is 13.0 Å². The van der Waals surface area contributed by atoms with Crippen molar-refractivity contribution in [3.05, 3.63) is 0 Å². The van der Waals surface area contributed by atoms with Gasteiger partial charge in [0.2, 0.25) is 0 Å². The Labute approximate surface area is 84.9 Å². The standard InChI is InChI=1S/C8H16O2S2/c1-10-8(9)7(6-12)4-2-3-5-11/h7,11-12H,2-6H2,1H3. The molecule has 4 heteroatoms. The highest BCUT2D eigenvalue weighted by atomic mass is 32.1. The van der Waals surface area contributed by atoms with E-state index in [-0.39, 0.29) is 11.9 Å². The van der Waals surface area contributed by atoms with Gasteiger partial charge in [-0.1, -0.05) is 6.42 Å². The largest absolute Gasteiger partial charge is 0.469 e. The summed E-state index contributed by atoms with van der Waals surface area (Å²) in [4.78, 5) is 11.0. The van der Waals surface area contributed by atoms with Gasteiger partial charge in [-0.3, -0.25) is 4.79 Å². The Balaban J connectivity index is 3.60. The molecule has 2 nitrogen and oxygen atoms in total. The van der Waals surface area contributed by atoms with Gasteiger partial charge in [-0.05, 0) is 18.6 Å². The summed E-state index contributed by atoms with van der Waals surface area (Å²) in [7, 11) is 1.41. The highest BCUT2D eigenvalue weighted by molar-refractivity contribution is 7.80. The van der Waals surface area contributed by atoms with Crippen LogP contribution in [0.15, 0.2) is 0 Å². The quantitative estimate of drug-likeness (QED) is 0.395. The molecule has 0 spiro atoms. The zero-order valence-electron chi connectivity index (χ0n) is 7.32. The van der Waals surface area contributed by atoms with E-state index in [9.17, 15) is 4.79 Å². The molecule has 0 fully saturated rings. The van der Waals surface area contributed by atoms with Crippen molar-refractivity contribution in [1.82, 2.24) is 0 Å². The predicted molar refractivity (Wildman–Crippen MR) is 57.1 cm³/mol. The van der Waals surface area contributed by atoms with Gasteiger partial charge in [0.25, 0.3) is 0 Å². The number of carbonyl (C=O) groups is 1. The molecule has 12 heavy (non-hydrogen) atoms.